The third-order valence-electron chi connectivity index (χ3n) is 20.7. The molecule has 9 fully saturated rings. The average molecular weight is 1080 g/mol. The van der Waals surface area contributed by atoms with Crippen LogP contribution in [0, 0.1) is 74.0 Å². The summed E-state index contributed by atoms with van der Waals surface area (Å²) < 4.78 is 0. The molecule has 0 saturated heterocycles. The molecule has 0 aliphatic heterocycles. The van der Waals surface area contributed by atoms with E-state index in [-0.39, 0.29) is 66.8 Å². The van der Waals surface area contributed by atoms with Gasteiger partial charge in [0.25, 0.3) is 0 Å². The van der Waals surface area contributed by atoms with Crippen LogP contribution in [0.4, 0.5) is 0 Å². The molecular weight excluding hydrogens is 937 g/mol. The van der Waals surface area contributed by atoms with Gasteiger partial charge >= 0.3 is 0 Å². The van der Waals surface area contributed by atoms with Crippen LogP contribution in [0.15, 0.2) is 72.8 Å². The third kappa shape index (κ3) is 24.2. The molecule has 9 saturated carbocycles. The van der Waals surface area contributed by atoms with Crippen LogP contribution in [-0.2, 0) is 0 Å². The van der Waals surface area contributed by atoms with Crippen molar-refractivity contribution in [1.82, 2.24) is 0 Å². The maximum Gasteiger partial charge on any atom is -0.0159 e. The molecule has 6 atom stereocenters. The Bertz CT molecular complexity index is 1600. The van der Waals surface area contributed by atoms with E-state index in [9.17, 15) is 0 Å². The Morgan fingerprint density at radius 1 is 0.231 bits per heavy atom. The van der Waals surface area contributed by atoms with Crippen LogP contribution in [0.2, 0.25) is 0 Å². The Balaban J connectivity index is -0.000000846. The van der Waals surface area contributed by atoms with Crippen molar-refractivity contribution in [1.29, 1.82) is 0 Å². The maximum atomic E-state index is 2.47. The van der Waals surface area contributed by atoms with Crippen molar-refractivity contribution in [2.45, 2.75) is 338 Å². The second kappa shape index (κ2) is 43.4. The Morgan fingerprint density at radius 3 is 0.603 bits per heavy atom. The van der Waals surface area contributed by atoms with Crippen molar-refractivity contribution in [2.24, 2.45) is 53.3 Å². The lowest BCUT2D eigenvalue weighted by Crippen LogP contribution is -2.13. The highest BCUT2D eigenvalue weighted by molar-refractivity contribution is 5.31. The third-order valence-corrected chi connectivity index (χ3v) is 20.7. The summed E-state index contributed by atoms with van der Waals surface area (Å²) in [6, 6.07) is 26.5. The topological polar surface area (TPSA) is 0 Å². The lowest BCUT2D eigenvalue weighted by atomic mass is 9.84. The van der Waals surface area contributed by atoms with Gasteiger partial charge in [-0.1, -0.05) is 315 Å². The predicted molar refractivity (Wildman–Crippen MR) is 363 cm³/mol. The summed E-state index contributed by atoms with van der Waals surface area (Å²) in [7, 11) is 0. The summed E-state index contributed by atoms with van der Waals surface area (Å²) in [6.07, 6.45) is 49.2. The summed E-state index contributed by atoms with van der Waals surface area (Å²) in [5.41, 5.74) is 9.21. The molecule has 3 aromatic rings. The average Bonchev–Trinajstić information content (AvgIpc) is 4.21. The molecule has 0 N–H and O–H groups in total. The molecule has 3 aromatic carbocycles. The predicted octanol–water partition coefficient (Wildman–Crippen LogP) is 27.5. The van der Waals surface area contributed by atoms with Crippen LogP contribution in [0.5, 0.6) is 0 Å². The van der Waals surface area contributed by atoms with E-state index in [1.165, 1.54) is 171 Å². The van der Waals surface area contributed by atoms with E-state index in [0.29, 0.717) is 0 Å². The first kappa shape index (κ1) is 79.9. The normalized spacial score (nSPS) is 25.5. The Labute approximate surface area is 494 Å². The van der Waals surface area contributed by atoms with Crippen molar-refractivity contribution in [3.05, 3.63) is 106 Å². The standard InChI is InChI=1S/3C12H16.3C11H20.9CH4/c3*1-10-6-2-5-9-12(10)11-7-3-4-8-11;3*1-9-5-4-8-11(9)10-6-2-3-7-10;;;;;;;;;/h3*2,5-6,9,11H,3-4,7-8H2,1H3;3*9-11H,2-8H2,1H3;9*1H4. The molecule has 6 unspecified atom stereocenters. The lowest BCUT2D eigenvalue weighted by molar-refractivity contribution is 0.280. The minimum atomic E-state index is 0. The summed E-state index contributed by atoms with van der Waals surface area (Å²) in [4.78, 5) is 0. The van der Waals surface area contributed by atoms with Crippen molar-refractivity contribution < 1.29 is 0 Å². The number of hydrogen-bond acceptors (Lipinski definition) is 0. The first-order valence-electron chi connectivity index (χ1n) is 30.9. The maximum absolute atomic E-state index is 2.47. The number of hydrogen-bond donors (Lipinski definition) is 0. The van der Waals surface area contributed by atoms with Gasteiger partial charge in [0.1, 0.15) is 0 Å². The summed E-state index contributed by atoms with van der Waals surface area (Å²) in [6.45, 7) is 14.1. The van der Waals surface area contributed by atoms with Crippen LogP contribution in [0.25, 0.3) is 0 Å². The molecule has 456 valence electrons. The summed E-state index contributed by atoms with van der Waals surface area (Å²) >= 11 is 0. The molecule has 0 nitrogen and oxygen atoms in total. The van der Waals surface area contributed by atoms with Gasteiger partial charge in [0.2, 0.25) is 0 Å². The fourth-order valence-corrected chi connectivity index (χ4v) is 16.6. The quantitative estimate of drug-likeness (QED) is 0.231. The molecule has 0 spiro atoms. The highest BCUT2D eigenvalue weighted by atomic mass is 14.4. The molecule has 0 bridgehead atoms. The van der Waals surface area contributed by atoms with Gasteiger partial charge in [-0.15, -0.1) is 0 Å². The molecular formula is C78H144. The molecule has 9 aliphatic rings. The zero-order valence-electron chi connectivity index (χ0n) is 46.2. The highest BCUT2D eigenvalue weighted by Crippen LogP contribution is 2.46. The SMILES string of the molecule is C.C.C.C.C.C.C.C.C.CC1CCCC1C1CCCC1.CC1CCCC1C1CCCC1.CC1CCCC1C1CCCC1.Cc1ccccc1C1CCCC1.Cc1ccccc1C1CCCC1.Cc1ccccc1C1CCCC1. The molecule has 0 amide bonds. The molecule has 0 radical (unpaired) electrons. The second-order valence-electron chi connectivity index (χ2n) is 25.4. The molecule has 9 aliphatic carbocycles. The van der Waals surface area contributed by atoms with Crippen LogP contribution in [0.1, 0.15) is 351 Å². The van der Waals surface area contributed by atoms with E-state index in [1.807, 2.05) is 0 Å². The summed E-state index contributed by atoms with van der Waals surface area (Å²) in [5.74, 6) is 12.5. The molecule has 0 heteroatoms. The van der Waals surface area contributed by atoms with Crippen LogP contribution in [0.3, 0.4) is 0 Å². The number of aryl methyl sites for hydroxylation is 3. The van der Waals surface area contributed by atoms with Gasteiger partial charge in [-0.3, -0.25) is 0 Å². The Hall–Kier alpha value is -2.34. The van der Waals surface area contributed by atoms with E-state index in [2.05, 4.69) is 114 Å². The van der Waals surface area contributed by atoms with Gasteiger partial charge in [-0.2, -0.15) is 0 Å². The van der Waals surface area contributed by atoms with E-state index >= 15 is 0 Å². The monoisotopic (exact) mass is 1080 g/mol. The molecule has 12 rings (SSSR count). The first-order chi connectivity index (χ1) is 33.8. The first-order valence-corrected chi connectivity index (χ1v) is 30.9. The van der Waals surface area contributed by atoms with Crippen molar-refractivity contribution in [2.75, 3.05) is 0 Å². The lowest BCUT2D eigenvalue weighted by Gasteiger charge is -2.22. The van der Waals surface area contributed by atoms with Gasteiger partial charge in [0.05, 0.1) is 0 Å². The Kier molecular flexibility index (Phi) is 44.4. The van der Waals surface area contributed by atoms with E-state index in [4.69, 9.17) is 0 Å². The Morgan fingerprint density at radius 2 is 0.423 bits per heavy atom. The van der Waals surface area contributed by atoms with Crippen molar-refractivity contribution in [3.8, 4) is 0 Å². The fourth-order valence-electron chi connectivity index (χ4n) is 16.6. The van der Waals surface area contributed by atoms with Crippen molar-refractivity contribution >= 4 is 0 Å². The van der Waals surface area contributed by atoms with Crippen LogP contribution < -0.4 is 0 Å². The van der Waals surface area contributed by atoms with Gasteiger partial charge < -0.3 is 0 Å². The second-order valence-corrected chi connectivity index (χ2v) is 25.4. The molecule has 78 heavy (non-hydrogen) atoms. The number of benzene rings is 3. The van der Waals surface area contributed by atoms with Gasteiger partial charge in [-0.25, -0.2) is 0 Å². The minimum absolute atomic E-state index is 0. The number of rotatable bonds is 6. The molecule has 0 heterocycles. The van der Waals surface area contributed by atoms with E-state index < -0.39 is 0 Å². The van der Waals surface area contributed by atoms with Gasteiger partial charge in [0.15, 0.2) is 0 Å². The van der Waals surface area contributed by atoms with Gasteiger partial charge in [0, 0.05) is 0 Å². The summed E-state index contributed by atoms with van der Waals surface area (Å²) in [5, 5.41) is 0. The van der Waals surface area contributed by atoms with Crippen molar-refractivity contribution in [3.63, 3.8) is 0 Å². The fraction of sp³-hybridized carbons (Fsp3) is 0.769. The van der Waals surface area contributed by atoms with Crippen LogP contribution >= 0.6 is 0 Å². The highest BCUT2D eigenvalue weighted by Gasteiger charge is 2.34. The molecule has 0 aromatic heterocycles. The minimum Gasteiger partial charge on any atom is -0.0776 e. The zero-order chi connectivity index (χ0) is 48.2. The van der Waals surface area contributed by atoms with Crippen LogP contribution in [-0.4, -0.2) is 0 Å². The zero-order valence-corrected chi connectivity index (χ0v) is 46.2. The largest absolute Gasteiger partial charge is 0.0776 e. The van der Waals surface area contributed by atoms with Gasteiger partial charge in [-0.05, 0) is 183 Å². The van der Waals surface area contributed by atoms with E-state index in [0.717, 1.165) is 71.0 Å². The smallest absolute Gasteiger partial charge is 0.0159 e. The van der Waals surface area contributed by atoms with E-state index in [1.54, 1.807) is 74.5 Å².